The van der Waals surface area contributed by atoms with Gasteiger partial charge in [-0.1, -0.05) is 0 Å². The molecule has 6 nitrogen and oxygen atoms in total. The van der Waals surface area contributed by atoms with Crippen LogP contribution in [0.5, 0.6) is 0 Å². The van der Waals surface area contributed by atoms with Gasteiger partial charge in [0.2, 0.25) is 10.0 Å². The molecular weight excluding hydrogens is 287 g/mol. The van der Waals surface area contributed by atoms with E-state index in [2.05, 4.69) is 4.72 Å². The minimum Gasteiger partial charge on any atom is -0.398 e. The highest BCUT2D eigenvalue weighted by molar-refractivity contribution is 7.89. The van der Waals surface area contributed by atoms with E-state index in [0.717, 1.165) is 12.1 Å². The smallest absolute Gasteiger partial charge is 0.242 e. The Bertz CT molecular complexity index is 522. The maximum Gasteiger partial charge on any atom is 0.242 e. The normalized spacial score (nSPS) is 11.7. The van der Waals surface area contributed by atoms with Crippen LogP contribution in [0.15, 0.2) is 23.1 Å². The van der Waals surface area contributed by atoms with Crippen molar-refractivity contribution in [1.29, 1.82) is 0 Å². The van der Waals surface area contributed by atoms with Crippen LogP contribution in [0.25, 0.3) is 0 Å². The third kappa shape index (κ3) is 5.41. The van der Waals surface area contributed by atoms with E-state index >= 15 is 0 Å². The predicted molar refractivity (Wildman–Crippen MR) is 73.3 cm³/mol. The lowest BCUT2D eigenvalue weighted by Gasteiger charge is -2.09. The first-order chi connectivity index (χ1) is 9.47. The largest absolute Gasteiger partial charge is 0.398 e. The number of nitrogen functional groups attached to an aromatic ring is 1. The van der Waals surface area contributed by atoms with Gasteiger partial charge in [-0.3, -0.25) is 0 Å². The van der Waals surface area contributed by atoms with Crippen LogP contribution in [-0.4, -0.2) is 41.9 Å². The standard InChI is InChI=1S/C12H19FN2O4S/c1-18-7-8-19-6-2-5-15-20(16,17)12-9-10(13)3-4-11(12)14/h3-4,9,15H,2,5-8,14H2,1H3. The molecule has 20 heavy (non-hydrogen) atoms. The van der Waals surface area contributed by atoms with Crippen molar-refractivity contribution in [3.8, 4) is 0 Å². The second-order valence-corrected chi connectivity index (χ2v) is 5.77. The van der Waals surface area contributed by atoms with Gasteiger partial charge in [-0.2, -0.15) is 0 Å². The Hall–Kier alpha value is -1.22. The molecular formula is C12H19FN2O4S. The van der Waals surface area contributed by atoms with Crippen molar-refractivity contribution < 1.29 is 22.3 Å². The first-order valence-corrected chi connectivity index (χ1v) is 7.57. The number of nitrogens with two attached hydrogens (primary N) is 1. The number of hydrogen-bond acceptors (Lipinski definition) is 5. The van der Waals surface area contributed by atoms with E-state index in [0.29, 0.717) is 26.2 Å². The van der Waals surface area contributed by atoms with E-state index in [1.807, 2.05) is 0 Å². The van der Waals surface area contributed by atoms with Gasteiger partial charge in [-0.05, 0) is 24.6 Å². The number of hydrogen-bond donors (Lipinski definition) is 2. The van der Waals surface area contributed by atoms with E-state index in [1.165, 1.54) is 6.07 Å². The number of benzene rings is 1. The molecule has 3 N–H and O–H groups in total. The molecule has 0 aliphatic rings. The number of rotatable bonds is 9. The van der Waals surface area contributed by atoms with E-state index in [1.54, 1.807) is 7.11 Å². The van der Waals surface area contributed by atoms with E-state index in [-0.39, 0.29) is 17.1 Å². The minimum atomic E-state index is -3.81. The summed E-state index contributed by atoms with van der Waals surface area (Å²) in [6.07, 6.45) is 0.498. The Balaban J connectivity index is 2.44. The molecule has 0 unspecified atom stereocenters. The van der Waals surface area contributed by atoms with Gasteiger partial charge < -0.3 is 15.2 Å². The van der Waals surface area contributed by atoms with Crippen LogP contribution in [0.2, 0.25) is 0 Å². The van der Waals surface area contributed by atoms with Crippen LogP contribution in [0.3, 0.4) is 0 Å². The van der Waals surface area contributed by atoms with Gasteiger partial charge in [0.25, 0.3) is 0 Å². The van der Waals surface area contributed by atoms with Crippen molar-refractivity contribution >= 4 is 15.7 Å². The molecule has 0 radical (unpaired) electrons. The van der Waals surface area contributed by atoms with Gasteiger partial charge in [0.1, 0.15) is 10.7 Å². The fourth-order valence-corrected chi connectivity index (χ4v) is 2.66. The van der Waals surface area contributed by atoms with Gasteiger partial charge in [0, 0.05) is 20.3 Å². The fraction of sp³-hybridized carbons (Fsp3) is 0.500. The summed E-state index contributed by atoms with van der Waals surface area (Å²) in [5, 5.41) is 0. The maximum absolute atomic E-state index is 13.1. The maximum atomic E-state index is 13.1. The molecule has 8 heteroatoms. The molecule has 0 saturated carbocycles. The Labute approximate surface area is 118 Å². The summed E-state index contributed by atoms with van der Waals surface area (Å²) in [4.78, 5) is -0.252. The number of halogens is 1. The number of nitrogens with one attached hydrogen (secondary N) is 1. The average Bonchev–Trinajstić information content (AvgIpc) is 2.40. The van der Waals surface area contributed by atoms with Crippen molar-refractivity contribution in [3.63, 3.8) is 0 Å². The Morgan fingerprint density at radius 1 is 1.30 bits per heavy atom. The van der Waals surface area contributed by atoms with Gasteiger partial charge in [0.05, 0.1) is 18.9 Å². The molecule has 0 heterocycles. The van der Waals surface area contributed by atoms with Crippen molar-refractivity contribution in [2.24, 2.45) is 0 Å². The molecule has 1 aromatic rings. The summed E-state index contributed by atoms with van der Waals surface area (Å²) in [5.74, 6) is -0.650. The van der Waals surface area contributed by atoms with Crippen molar-refractivity contribution in [3.05, 3.63) is 24.0 Å². The molecule has 0 saturated heterocycles. The fourth-order valence-electron chi connectivity index (χ4n) is 1.44. The molecule has 114 valence electrons. The Kier molecular flexibility index (Phi) is 6.86. The molecule has 1 rings (SSSR count). The third-order valence-electron chi connectivity index (χ3n) is 2.45. The first kappa shape index (κ1) is 16.8. The summed E-state index contributed by atoms with van der Waals surface area (Å²) in [5.41, 5.74) is 5.55. The molecule has 0 aliphatic heterocycles. The highest BCUT2D eigenvalue weighted by Crippen LogP contribution is 2.18. The van der Waals surface area contributed by atoms with Crippen LogP contribution < -0.4 is 10.5 Å². The monoisotopic (exact) mass is 306 g/mol. The SMILES string of the molecule is COCCOCCCNS(=O)(=O)c1cc(F)ccc1N. The summed E-state index contributed by atoms with van der Waals surface area (Å²) in [6.45, 7) is 1.54. The van der Waals surface area contributed by atoms with Crippen LogP contribution in [0, 0.1) is 5.82 Å². The molecule has 0 fully saturated rings. The molecule has 0 amide bonds. The zero-order valence-electron chi connectivity index (χ0n) is 11.3. The zero-order valence-corrected chi connectivity index (χ0v) is 12.1. The molecule has 0 atom stereocenters. The highest BCUT2D eigenvalue weighted by atomic mass is 32.2. The van der Waals surface area contributed by atoms with Crippen molar-refractivity contribution in [2.75, 3.05) is 39.2 Å². The summed E-state index contributed by atoms with van der Waals surface area (Å²) >= 11 is 0. The van der Waals surface area contributed by atoms with Crippen molar-refractivity contribution in [2.45, 2.75) is 11.3 Å². The summed E-state index contributed by atoms with van der Waals surface area (Å²) < 4.78 is 49.2. The van der Waals surface area contributed by atoms with E-state index in [9.17, 15) is 12.8 Å². The van der Waals surface area contributed by atoms with Gasteiger partial charge in [0.15, 0.2) is 0 Å². The lowest BCUT2D eigenvalue weighted by atomic mass is 10.3. The van der Waals surface area contributed by atoms with Crippen LogP contribution in [0.1, 0.15) is 6.42 Å². The molecule has 0 aliphatic carbocycles. The minimum absolute atomic E-state index is 0.00949. The summed E-state index contributed by atoms with van der Waals surface area (Å²) in [7, 11) is -2.24. The number of methoxy groups -OCH3 is 1. The van der Waals surface area contributed by atoms with E-state index < -0.39 is 15.8 Å². The molecule has 1 aromatic carbocycles. The second-order valence-electron chi connectivity index (χ2n) is 4.04. The molecule has 0 bridgehead atoms. The average molecular weight is 306 g/mol. The van der Waals surface area contributed by atoms with E-state index in [4.69, 9.17) is 15.2 Å². The first-order valence-electron chi connectivity index (χ1n) is 6.09. The Morgan fingerprint density at radius 3 is 2.75 bits per heavy atom. The number of ether oxygens (including phenoxy) is 2. The van der Waals surface area contributed by atoms with Crippen molar-refractivity contribution in [1.82, 2.24) is 4.72 Å². The van der Waals surface area contributed by atoms with Gasteiger partial charge >= 0.3 is 0 Å². The Morgan fingerprint density at radius 2 is 2.05 bits per heavy atom. The number of anilines is 1. The molecule has 0 spiro atoms. The predicted octanol–water partition coefficient (Wildman–Crippen LogP) is 0.739. The lowest BCUT2D eigenvalue weighted by Crippen LogP contribution is -2.26. The topological polar surface area (TPSA) is 90.6 Å². The number of sulfonamides is 1. The molecule has 0 aromatic heterocycles. The van der Waals surface area contributed by atoms with Gasteiger partial charge in [-0.25, -0.2) is 17.5 Å². The third-order valence-corrected chi connectivity index (χ3v) is 3.97. The van der Waals surface area contributed by atoms with Crippen LogP contribution >= 0.6 is 0 Å². The second kappa shape index (κ2) is 8.15. The quantitative estimate of drug-likeness (QED) is 0.519. The lowest BCUT2D eigenvalue weighted by molar-refractivity contribution is 0.0699. The summed E-state index contributed by atoms with van der Waals surface area (Å²) in [6, 6.07) is 3.22. The highest BCUT2D eigenvalue weighted by Gasteiger charge is 2.17. The van der Waals surface area contributed by atoms with Crippen LogP contribution in [0.4, 0.5) is 10.1 Å². The van der Waals surface area contributed by atoms with Gasteiger partial charge in [-0.15, -0.1) is 0 Å². The van der Waals surface area contributed by atoms with Crippen LogP contribution in [-0.2, 0) is 19.5 Å². The zero-order chi connectivity index (χ0) is 15.0.